The molecule has 0 bridgehead atoms. The highest BCUT2D eigenvalue weighted by Crippen LogP contribution is 2.31. The smallest absolute Gasteiger partial charge is 0.322 e. The van der Waals surface area contributed by atoms with E-state index < -0.39 is 0 Å². The van der Waals surface area contributed by atoms with Gasteiger partial charge < -0.3 is 14.8 Å². The Bertz CT molecular complexity index is 667. The molecule has 0 radical (unpaired) electrons. The van der Waals surface area contributed by atoms with E-state index in [-0.39, 0.29) is 12.1 Å². The molecule has 2 heterocycles. The Kier molecular flexibility index (Phi) is 4.52. The zero-order valence-corrected chi connectivity index (χ0v) is 14.2. The number of benzene rings is 1. The maximum absolute atomic E-state index is 12.7. The monoisotopic (exact) mass is 361 g/mol. The Labute approximate surface area is 139 Å². The molecule has 0 spiro atoms. The second-order valence-corrected chi connectivity index (χ2v) is 6.39. The molecule has 116 valence electrons. The number of amides is 2. The summed E-state index contributed by atoms with van der Waals surface area (Å²) in [5, 5.41) is 3.02. The number of hydrogen-bond donors (Lipinski definition) is 1. The Morgan fingerprint density at radius 3 is 2.86 bits per heavy atom. The van der Waals surface area contributed by atoms with Gasteiger partial charge in [-0.3, -0.25) is 0 Å². The number of anilines is 1. The highest BCUT2D eigenvalue weighted by atomic mass is 79.9. The first kappa shape index (κ1) is 15.2. The number of rotatable bonds is 3. The van der Waals surface area contributed by atoms with Crippen LogP contribution in [0, 0.1) is 0 Å². The van der Waals surface area contributed by atoms with Gasteiger partial charge in [0.15, 0.2) is 0 Å². The number of carbonyl (C=O) groups is 1. The summed E-state index contributed by atoms with van der Waals surface area (Å²) < 4.78 is 3.15. The van der Waals surface area contributed by atoms with E-state index in [0.29, 0.717) is 0 Å². The van der Waals surface area contributed by atoms with Gasteiger partial charge in [0.05, 0.1) is 11.7 Å². The van der Waals surface area contributed by atoms with Gasteiger partial charge >= 0.3 is 6.03 Å². The normalized spacial score (nSPS) is 17.2. The van der Waals surface area contributed by atoms with Gasteiger partial charge in [0.25, 0.3) is 0 Å². The molecular weight excluding hydrogens is 342 g/mol. The largest absolute Gasteiger partial charge is 0.348 e. The van der Waals surface area contributed by atoms with Crippen LogP contribution in [0.15, 0.2) is 47.1 Å². The number of para-hydroxylation sites is 1. The van der Waals surface area contributed by atoms with Crippen LogP contribution in [0.25, 0.3) is 0 Å². The van der Waals surface area contributed by atoms with E-state index in [4.69, 9.17) is 0 Å². The number of hydrogen-bond acceptors (Lipinski definition) is 1. The lowest BCUT2D eigenvalue weighted by molar-refractivity contribution is 0.163. The second-order valence-electron chi connectivity index (χ2n) is 5.53. The van der Waals surface area contributed by atoms with E-state index in [9.17, 15) is 4.79 Å². The third-order valence-electron chi connectivity index (χ3n) is 4.10. The average molecular weight is 362 g/mol. The lowest BCUT2D eigenvalue weighted by Crippen LogP contribution is -2.44. The average Bonchev–Trinajstić information content (AvgIpc) is 2.99. The van der Waals surface area contributed by atoms with Crippen LogP contribution < -0.4 is 5.32 Å². The maximum atomic E-state index is 12.7. The molecule has 0 aliphatic carbocycles. The molecule has 4 nitrogen and oxygen atoms in total. The molecule has 2 aromatic rings. The lowest BCUT2D eigenvalue weighted by Gasteiger charge is -2.37. The quantitative estimate of drug-likeness (QED) is 0.849. The number of carbonyl (C=O) groups excluding carboxylic acids is 1. The number of fused-ring (bicyclic) bond motifs is 1. The van der Waals surface area contributed by atoms with Crippen LogP contribution >= 0.6 is 15.9 Å². The highest BCUT2D eigenvalue weighted by Gasteiger charge is 2.30. The van der Waals surface area contributed by atoms with Gasteiger partial charge in [-0.15, -0.1) is 0 Å². The van der Waals surface area contributed by atoms with Gasteiger partial charge in [-0.1, -0.05) is 25.5 Å². The molecule has 1 N–H and O–H groups in total. The minimum Gasteiger partial charge on any atom is -0.348 e. The Balaban J connectivity index is 1.81. The molecule has 2 amide bonds. The molecule has 1 unspecified atom stereocenters. The van der Waals surface area contributed by atoms with Crippen molar-refractivity contribution in [1.82, 2.24) is 9.47 Å². The molecule has 1 aromatic carbocycles. The Morgan fingerprint density at radius 1 is 1.27 bits per heavy atom. The molecule has 0 fully saturated rings. The first-order valence-corrected chi connectivity index (χ1v) is 8.47. The summed E-state index contributed by atoms with van der Waals surface area (Å²) in [5.74, 6) is 0. The van der Waals surface area contributed by atoms with Gasteiger partial charge in [-0.05, 0) is 46.6 Å². The molecule has 5 heteroatoms. The Hall–Kier alpha value is -1.75. The predicted molar refractivity (Wildman–Crippen MR) is 91.9 cm³/mol. The van der Waals surface area contributed by atoms with Crippen LogP contribution in [-0.2, 0) is 6.54 Å². The lowest BCUT2D eigenvalue weighted by atomic mass is 10.0. The third kappa shape index (κ3) is 2.90. The number of halogens is 1. The molecule has 0 saturated heterocycles. The molecule has 1 aliphatic heterocycles. The predicted octanol–water partition coefficient (Wildman–Crippen LogP) is 4.64. The number of aromatic nitrogens is 1. The van der Waals surface area contributed by atoms with Crippen LogP contribution in [0.3, 0.4) is 0 Å². The van der Waals surface area contributed by atoms with Crippen molar-refractivity contribution in [1.29, 1.82) is 0 Å². The summed E-state index contributed by atoms with van der Waals surface area (Å²) in [4.78, 5) is 14.7. The topological polar surface area (TPSA) is 37.3 Å². The first-order valence-electron chi connectivity index (χ1n) is 7.68. The molecule has 3 rings (SSSR count). The van der Waals surface area contributed by atoms with Crippen LogP contribution in [0.2, 0.25) is 0 Å². The summed E-state index contributed by atoms with van der Waals surface area (Å²) in [6, 6.07) is 12.0. The van der Waals surface area contributed by atoms with Crippen molar-refractivity contribution in [3.8, 4) is 0 Å². The summed E-state index contributed by atoms with van der Waals surface area (Å²) in [6.07, 6.45) is 4.13. The summed E-state index contributed by atoms with van der Waals surface area (Å²) in [5.41, 5.74) is 2.04. The summed E-state index contributed by atoms with van der Waals surface area (Å²) >= 11 is 3.48. The number of urea groups is 1. The van der Waals surface area contributed by atoms with Gasteiger partial charge in [0, 0.05) is 29.5 Å². The molecule has 1 aromatic heterocycles. The van der Waals surface area contributed by atoms with E-state index in [1.54, 1.807) is 0 Å². The molecule has 22 heavy (non-hydrogen) atoms. The summed E-state index contributed by atoms with van der Waals surface area (Å²) in [7, 11) is 0. The van der Waals surface area contributed by atoms with Crippen LogP contribution in [-0.4, -0.2) is 22.0 Å². The molecule has 1 atom stereocenters. The van der Waals surface area contributed by atoms with Crippen LogP contribution in [0.1, 0.15) is 31.5 Å². The van der Waals surface area contributed by atoms with Gasteiger partial charge in [0.2, 0.25) is 0 Å². The van der Waals surface area contributed by atoms with E-state index in [1.807, 2.05) is 29.2 Å². The third-order valence-corrected chi connectivity index (χ3v) is 4.79. The minimum atomic E-state index is -0.0298. The molecule has 1 aliphatic rings. The van der Waals surface area contributed by atoms with Crippen molar-refractivity contribution in [3.63, 3.8) is 0 Å². The minimum absolute atomic E-state index is 0.0298. The highest BCUT2D eigenvalue weighted by molar-refractivity contribution is 9.10. The van der Waals surface area contributed by atoms with Crippen molar-refractivity contribution >= 4 is 27.6 Å². The fourth-order valence-corrected chi connectivity index (χ4v) is 3.42. The van der Waals surface area contributed by atoms with Crippen molar-refractivity contribution in [3.05, 3.63) is 52.8 Å². The van der Waals surface area contributed by atoms with E-state index in [2.05, 4.69) is 51.1 Å². The van der Waals surface area contributed by atoms with Gasteiger partial charge in [-0.2, -0.15) is 0 Å². The van der Waals surface area contributed by atoms with Crippen molar-refractivity contribution in [2.45, 2.75) is 32.4 Å². The van der Waals surface area contributed by atoms with Crippen LogP contribution in [0.5, 0.6) is 0 Å². The SMILES string of the molecule is CCCC1c2cccn2CCN1C(=O)Nc1ccccc1Br. The van der Waals surface area contributed by atoms with Gasteiger partial charge in [0.1, 0.15) is 0 Å². The fraction of sp³-hybridized carbons (Fsp3) is 0.353. The number of nitrogens with one attached hydrogen (secondary N) is 1. The van der Waals surface area contributed by atoms with Crippen molar-refractivity contribution in [2.75, 3.05) is 11.9 Å². The zero-order valence-electron chi connectivity index (χ0n) is 12.6. The van der Waals surface area contributed by atoms with E-state index >= 15 is 0 Å². The van der Waals surface area contributed by atoms with Gasteiger partial charge in [-0.25, -0.2) is 4.79 Å². The first-order chi connectivity index (χ1) is 10.7. The Morgan fingerprint density at radius 2 is 2.09 bits per heavy atom. The van der Waals surface area contributed by atoms with Crippen LogP contribution in [0.4, 0.5) is 10.5 Å². The van der Waals surface area contributed by atoms with Crippen molar-refractivity contribution in [2.24, 2.45) is 0 Å². The molecule has 0 saturated carbocycles. The van der Waals surface area contributed by atoms with Crippen molar-refractivity contribution < 1.29 is 4.79 Å². The summed E-state index contributed by atoms with van der Waals surface area (Å²) in [6.45, 7) is 3.75. The zero-order chi connectivity index (χ0) is 15.5. The van der Waals surface area contributed by atoms with E-state index in [0.717, 1.165) is 36.1 Å². The standard InChI is InChI=1S/C17H20BrN3O/c1-2-6-16-15-9-5-10-20(15)11-12-21(16)17(22)19-14-8-4-3-7-13(14)18/h3-5,7-10,16H,2,6,11-12H2,1H3,(H,19,22). The number of nitrogens with zero attached hydrogens (tertiary/aromatic N) is 2. The van der Waals surface area contributed by atoms with E-state index in [1.165, 1.54) is 5.69 Å². The maximum Gasteiger partial charge on any atom is 0.322 e. The second kappa shape index (κ2) is 6.57. The fourth-order valence-electron chi connectivity index (χ4n) is 3.03. The molecular formula is C17H20BrN3O.